The van der Waals surface area contributed by atoms with Gasteiger partial charge in [0.05, 0.1) is 12.8 Å². The van der Waals surface area contributed by atoms with E-state index in [4.69, 9.17) is 14.2 Å². The molecule has 0 aromatic heterocycles. The molecule has 0 rings (SSSR count). The highest BCUT2D eigenvalue weighted by atomic mass is 16.6. The largest absolute Gasteiger partial charge is 0.462 e. The lowest BCUT2D eigenvalue weighted by molar-refractivity contribution is -0.184. The van der Waals surface area contributed by atoms with E-state index >= 15 is 4.79 Å². The van der Waals surface area contributed by atoms with Crippen LogP contribution in [0.4, 0.5) is 0 Å². The predicted octanol–water partition coefficient (Wildman–Crippen LogP) is 37.6. The van der Waals surface area contributed by atoms with Gasteiger partial charge in [-0.3, -0.25) is 9.59 Å². The first-order chi connectivity index (χ1) is 56.7. The quantitative estimate of drug-likeness (QED) is 0.0368. The van der Waals surface area contributed by atoms with Crippen molar-refractivity contribution in [1.29, 1.82) is 0 Å². The van der Waals surface area contributed by atoms with E-state index in [2.05, 4.69) is 41.5 Å². The Morgan fingerprint density at radius 1 is 0.174 bits per heavy atom. The number of ether oxygens (including phenoxy) is 3. The number of aliphatic hydroxyl groups is 1. The maximum absolute atomic E-state index is 15.2. The summed E-state index contributed by atoms with van der Waals surface area (Å²) in [7, 11) is 0. The highest BCUT2D eigenvalue weighted by molar-refractivity contribution is 5.90. The third kappa shape index (κ3) is 87.1. The zero-order valence-corrected chi connectivity index (χ0v) is 79.8. The minimum absolute atomic E-state index is 0.290. The van der Waals surface area contributed by atoms with Gasteiger partial charge in [-0.05, 0) is 77.0 Å². The second-order valence-electron chi connectivity index (χ2n) is 38.0. The Kier molecular flexibility index (Phi) is 94.8. The SMILES string of the molecule is CCCCCCCCCCCCCCCCCCC(CCCCCCCCCCCCCCC)OC(=O)CC(O)(CC(=O)OC(CCCCCCCCCCCCCCC)CCCCCCCCCCCCCCCCCC)C(=O)OC(CCCCCCCCCCCCCCC)CCCCCCCCCCCCCCCCCC. The van der Waals surface area contributed by atoms with Crippen LogP contribution >= 0.6 is 0 Å². The van der Waals surface area contributed by atoms with Crippen LogP contribution in [-0.2, 0) is 28.6 Å². The van der Waals surface area contributed by atoms with E-state index < -0.39 is 36.4 Å². The molecule has 0 fully saturated rings. The number of rotatable bonds is 101. The number of hydrogen-bond donors (Lipinski definition) is 1. The van der Waals surface area contributed by atoms with Crippen LogP contribution in [0, 0.1) is 0 Å². The van der Waals surface area contributed by atoms with E-state index in [1.54, 1.807) is 0 Å². The fourth-order valence-electron chi connectivity index (χ4n) is 18.1. The van der Waals surface area contributed by atoms with Gasteiger partial charge in [0.25, 0.3) is 0 Å². The average molecular weight is 1620 g/mol. The fraction of sp³-hybridized carbons (Fsp3) is 0.972. The van der Waals surface area contributed by atoms with Gasteiger partial charge < -0.3 is 19.3 Å². The summed E-state index contributed by atoms with van der Waals surface area (Å²) in [6.45, 7) is 13.8. The van der Waals surface area contributed by atoms with Gasteiger partial charge in [-0.1, -0.05) is 562 Å². The van der Waals surface area contributed by atoms with Gasteiger partial charge >= 0.3 is 17.9 Å². The summed E-state index contributed by atoms with van der Waals surface area (Å²) in [6, 6.07) is 0. The Labute approximate surface area is 722 Å². The van der Waals surface area contributed by atoms with Gasteiger partial charge in [-0.25, -0.2) is 4.79 Å². The number of carbonyl (C=O) groups excluding carboxylic acids is 3. The smallest absolute Gasteiger partial charge is 0.339 e. The third-order valence-corrected chi connectivity index (χ3v) is 26.2. The molecule has 0 aliphatic heterocycles. The molecular formula is C108H212O7. The summed E-state index contributed by atoms with van der Waals surface area (Å²) in [5.74, 6) is -2.02. The van der Waals surface area contributed by atoms with Crippen LogP contribution < -0.4 is 0 Å². The van der Waals surface area contributed by atoms with Crippen molar-refractivity contribution in [1.82, 2.24) is 0 Å². The van der Waals surface area contributed by atoms with Crippen molar-refractivity contribution >= 4 is 17.9 Å². The minimum Gasteiger partial charge on any atom is -0.462 e. The molecule has 0 radical (unpaired) electrons. The number of carbonyl (C=O) groups is 3. The highest BCUT2D eigenvalue weighted by Crippen LogP contribution is 2.30. The molecule has 3 atom stereocenters. The summed E-state index contributed by atoms with van der Waals surface area (Å²) in [5, 5.41) is 13.1. The topological polar surface area (TPSA) is 99.1 Å². The summed E-state index contributed by atoms with van der Waals surface area (Å²) in [6.07, 6.45) is 115. The molecule has 1 N–H and O–H groups in total. The van der Waals surface area contributed by atoms with E-state index in [1.807, 2.05) is 0 Å². The second-order valence-corrected chi connectivity index (χ2v) is 38.0. The molecule has 7 heteroatoms. The first-order valence-corrected chi connectivity index (χ1v) is 54.0. The lowest BCUT2D eigenvalue weighted by Gasteiger charge is -2.29. The summed E-state index contributed by atoms with van der Waals surface area (Å²) in [5.41, 5.74) is -2.39. The number of esters is 3. The Morgan fingerprint density at radius 3 is 0.400 bits per heavy atom. The predicted molar refractivity (Wildman–Crippen MR) is 507 cm³/mol. The number of unbranched alkanes of at least 4 members (excludes halogenated alkanes) is 81. The summed E-state index contributed by atoms with van der Waals surface area (Å²) < 4.78 is 19.6. The Balaban J connectivity index is 6.67. The molecule has 0 aromatic carbocycles. The van der Waals surface area contributed by atoms with E-state index in [9.17, 15) is 14.7 Å². The van der Waals surface area contributed by atoms with Crippen LogP contribution in [-0.4, -0.2) is 46.9 Å². The van der Waals surface area contributed by atoms with Crippen LogP contribution in [0.5, 0.6) is 0 Å². The van der Waals surface area contributed by atoms with Crippen LogP contribution in [0.2, 0.25) is 0 Å². The van der Waals surface area contributed by atoms with Crippen molar-refractivity contribution in [2.24, 2.45) is 0 Å². The van der Waals surface area contributed by atoms with Crippen molar-refractivity contribution in [2.45, 2.75) is 675 Å². The third-order valence-electron chi connectivity index (χ3n) is 26.2. The standard InChI is InChI=1S/C108H212O7/c1-7-13-19-25-31-37-43-49-52-55-61-67-72-78-84-90-96-102(94-88-82-76-70-64-58-46-40-34-28-22-16-10-4)113-105(109)100-108(112,107(111)115-104(98-92-86-80-74-66-60-48-42-36-30-24-18-12-6)99-93-87-81-75-69-63-57-54-51-45-39-33-27-21-15-9-3)101-106(110)114-103(95-89-83-77-71-65-59-47-41-35-29-23-17-11-5)97-91-85-79-73-68-62-56-53-50-44-38-32-26-20-14-8-2/h102-104,112H,7-101H2,1-6H3. The second kappa shape index (κ2) is 96.2. The molecule has 0 saturated carbocycles. The van der Waals surface area contributed by atoms with Crippen LogP contribution in [0.1, 0.15) is 652 Å². The van der Waals surface area contributed by atoms with E-state index in [0.717, 1.165) is 116 Å². The van der Waals surface area contributed by atoms with E-state index in [-0.39, 0.29) is 18.3 Å². The molecule has 115 heavy (non-hydrogen) atoms. The Morgan fingerprint density at radius 2 is 0.278 bits per heavy atom. The molecule has 7 nitrogen and oxygen atoms in total. The normalized spacial score (nSPS) is 13.1. The highest BCUT2D eigenvalue weighted by Gasteiger charge is 2.45. The molecular weight excluding hydrogens is 1410 g/mol. The first kappa shape index (κ1) is 113. The average Bonchev–Trinajstić information content (AvgIpc) is 0.827. The van der Waals surface area contributed by atoms with Crippen molar-refractivity contribution in [3.8, 4) is 0 Å². The van der Waals surface area contributed by atoms with Gasteiger partial charge in [0, 0.05) is 0 Å². The van der Waals surface area contributed by atoms with Gasteiger partial charge in [0.1, 0.15) is 18.3 Å². The van der Waals surface area contributed by atoms with Crippen molar-refractivity contribution in [3.05, 3.63) is 0 Å². The molecule has 686 valence electrons. The lowest BCUT2D eigenvalue weighted by atomic mass is 9.94. The summed E-state index contributed by atoms with van der Waals surface area (Å²) >= 11 is 0. The maximum atomic E-state index is 15.2. The maximum Gasteiger partial charge on any atom is 0.339 e. The molecule has 0 aromatic rings. The first-order valence-electron chi connectivity index (χ1n) is 54.0. The van der Waals surface area contributed by atoms with Gasteiger partial charge in [-0.15, -0.1) is 0 Å². The van der Waals surface area contributed by atoms with Crippen molar-refractivity contribution in [2.75, 3.05) is 0 Å². The van der Waals surface area contributed by atoms with E-state index in [1.165, 1.54) is 482 Å². The van der Waals surface area contributed by atoms with Gasteiger partial charge in [0.2, 0.25) is 0 Å². The monoisotopic (exact) mass is 1620 g/mol. The molecule has 0 bridgehead atoms. The molecule has 0 aliphatic rings. The lowest BCUT2D eigenvalue weighted by Crippen LogP contribution is -2.46. The van der Waals surface area contributed by atoms with Crippen LogP contribution in [0.3, 0.4) is 0 Å². The van der Waals surface area contributed by atoms with Crippen LogP contribution in [0.15, 0.2) is 0 Å². The van der Waals surface area contributed by atoms with Crippen LogP contribution in [0.25, 0.3) is 0 Å². The molecule has 0 amide bonds. The van der Waals surface area contributed by atoms with Gasteiger partial charge in [-0.2, -0.15) is 0 Å². The minimum atomic E-state index is -2.39. The Hall–Kier alpha value is -1.63. The van der Waals surface area contributed by atoms with Crippen molar-refractivity contribution in [3.63, 3.8) is 0 Å². The summed E-state index contributed by atoms with van der Waals surface area (Å²) in [4.78, 5) is 44.8. The van der Waals surface area contributed by atoms with E-state index in [0.29, 0.717) is 0 Å². The molecule has 0 saturated heterocycles. The van der Waals surface area contributed by atoms with Gasteiger partial charge in [0.15, 0.2) is 5.60 Å². The molecule has 0 heterocycles. The zero-order valence-electron chi connectivity index (χ0n) is 79.8. The number of hydrogen-bond acceptors (Lipinski definition) is 7. The zero-order chi connectivity index (χ0) is 83.3. The van der Waals surface area contributed by atoms with Crippen molar-refractivity contribution < 1.29 is 33.7 Å². The molecule has 0 spiro atoms. The fourth-order valence-corrected chi connectivity index (χ4v) is 18.1. The molecule has 0 aliphatic carbocycles. The molecule has 3 unspecified atom stereocenters. The Bertz CT molecular complexity index is 1780.